The van der Waals surface area contributed by atoms with Gasteiger partial charge >= 0.3 is 6.09 Å². The van der Waals surface area contributed by atoms with Crippen LogP contribution in [0.1, 0.15) is 41.0 Å². The smallest absolute Gasteiger partial charge is 0.407 e. The molecule has 0 rings (SSSR count). The van der Waals surface area contributed by atoms with Crippen LogP contribution >= 0.6 is 0 Å². The monoisotopic (exact) mass is 187 g/mol. The fourth-order valence-corrected chi connectivity index (χ4v) is 0.640. The summed E-state index contributed by atoms with van der Waals surface area (Å²) in [5, 5.41) is 2.68. The van der Waals surface area contributed by atoms with Crippen molar-refractivity contribution in [1.29, 1.82) is 0 Å². The third kappa shape index (κ3) is 6.43. The molecule has 0 bridgehead atoms. The predicted molar refractivity (Wildman–Crippen MR) is 53.7 cm³/mol. The second-order valence-electron chi connectivity index (χ2n) is 4.39. The summed E-state index contributed by atoms with van der Waals surface area (Å²) in [6.07, 6.45) is 0.679. The number of carbonyl (C=O) groups is 1. The van der Waals surface area contributed by atoms with E-state index in [0.29, 0.717) is 6.61 Å². The topological polar surface area (TPSA) is 38.3 Å². The molecule has 0 saturated carbocycles. The van der Waals surface area contributed by atoms with Crippen molar-refractivity contribution in [3.05, 3.63) is 0 Å². The summed E-state index contributed by atoms with van der Waals surface area (Å²) in [6.45, 7) is 10.5. The molecule has 0 fully saturated rings. The van der Waals surface area contributed by atoms with Crippen molar-refractivity contribution in [2.75, 3.05) is 6.61 Å². The minimum atomic E-state index is -0.323. The summed E-state index contributed by atoms with van der Waals surface area (Å²) in [7, 11) is 0. The van der Waals surface area contributed by atoms with Crippen LogP contribution in [-0.2, 0) is 4.74 Å². The second kappa shape index (κ2) is 5.10. The van der Waals surface area contributed by atoms with Gasteiger partial charge in [0.2, 0.25) is 0 Å². The second-order valence-corrected chi connectivity index (χ2v) is 4.39. The number of hydrogen-bond acceptors (Lipinski definition) is 2. The minimum absolute atomic E-state index is 0.0777. The fourth-order valence-electron chi connectivity index (χ4n) is 0.640. The van der Waals surface area contributed by atoms with E-state index in [1.807, 2.05) is 13.8 Å². The first-order valence-corrected chi connectivity index (χ1v) is 4.80. The number of hydrogen-bond donors (Lipinski definition) is 1. The number of amides is 1. The zero-order chi connectivity index (χ0) is 10.5. The highest BCUT2D eigenvalue weighted by atomic mass is 16.5. The van der Waals surface area contributed by atoms with Crippen LogP contribution in [0.3, 0.4) is 0 Å². The average molecular weight is 187 g/mol. The highest BCUT2D eigenvalue weighted by Crippen LogP contribution is 2.19. The maximum atomic E-state index is 11.1. The van der Waals surface area contributed by atoms with E-state index in [9.17, 15) is 4.79 Å². The fraction of sp³-hybridized carbons (Fsp3) is 0.900. The summed E-state index contributed by atoms with van der Waals surface area (Å²) in [5.74, 6) is 0. The lowest BCUT2D eigenvalue weighted by molar-refractivity contribution is 0.0951. The normalized spacial score (nSPS) is 11.5. The molecule has 0 atom stereocenters. The molecule has 0 saturated heterocycles. The van der Waals surface area contributed by atoms with Gasteiger partial charge in [0.05, 0.1) is 6.61 Å². The maximum Gasteiger partial charge on any atom is 0.407 e. The summed E-state index contributed by atoms with van der Waals surface area (Å²) >= 11 is 0. The third-order valence-corrected chi connectivity index (χ3v) is 1.96. The molecule has 3 heteroatoms. The zero-order valence-corrected chi connectivity index (χ0v) is 9.31. The van der Waals surface area contributed by atoms with Gasteiger partial charge in [-0.25, -0.2) is 4.79 Å². The summed E-state index contributed by atoms with van der Waals surface area (Å²) in [4.78, 5) is 11.1. The Kier molecular flexibility index (Phi) is 4.81. The van der Waals surface area contributed by atoms with E-state index in [4.69, 9.17) is 4.74 Å². The number of rotatable bonds is 4. The van der Waals surface area contributed by atoms with E-state index in [1.54, 1.807) is 0 Å². The van der Waals surface area contributed by atoms with E-state index in [-0.39, 0.29) is 17.6 Å². The van der Waals surface area contributed by atoms with Crippen LogP contribution in [0, 0.1) is 5.41 Å². The molecule has 78 valence electrons. The molecule has 0 spiro atoms. The Balaban J connectivity index is 3.70. The van der Waals surface area contributed by atoms with E-state index >= 15 is 0 Å². The van der Waals surface area contributed by atoms with Gasteiger partial charge in [0.1, 0.15) is 0 Å². The molecule has 0 radical (unpaired) electrons. The largest absolute Gasteiger partial charge is 0.449 e. The third-order valence-electron chi connectivity index (χ3n) is 1.96. The van der Waals surface area contributed by atoms with Gasteiger partial charge in [0, 0.05) is 6.04 Å². The maximum absolute atomic E-state index is 11.1. The molecule has 0 aromatic rings. The number of ether oxygens (including phenoxy) is 1. The van der Waals surface area contributed by atoms with Crippen molar-refractivity contribution < 1.29 is 9.53 Å². The molecule has 13 heavy (non-hydrogen) atoms. The molecule has 0 unspecified atom stereocenters. The van der Waals surface area contributed by atoms with Gasteiger partial charge in [-0.2, -0.15) is 0 Å². The van der Waals surface area contributed by atoms with Crippen LogP contribution in [0.4, 0.5) is 4.79 Å². The standard InChI is InChI=1S/C10H21NO2/c1-6-10(4,5)7-13-9(12)11-8(2)3/h8H,6-7H2,1-5H3,(H,11,12). The van der Waals surface area contributed by atoms with Gasteiger partial charge in [-0.15, -0.1) is 0 Å². The summed E-state index contributed by atoms with van der Waals surface area (Å²) in [6, 6.07) is 0.136. The quantitative estimate of drug-likeness (QED) is 0.734. The van der Waals surface area contributed by atoms with Gasteiger partial charge in [-0.3, -0.25) is 0 Å². The van der Waals surface area contributed by atoms with Crippen molar-refractivity contribution in [1.82, 2.24) is 5.32 Å². The Bertz CT molecular complexity index is 164. The molecule has 0 aromatic heterocycles. The average Bonchev–Trinajstić information content (AvgIpc) is 2.00. The lowest BCUT2D eigenvalue weighted by atomic mass is 9.92. The van der Waals surface area contributed by atoms with E-state index in [1.165, 1.54) is 0 Å². The minimum Gasteiger partial charge on any atom is -0.449 e. The van der Waals surface area contributed by atoms with Crippen molar-refractivity contribution >= 4 is 6.09 Å². The highest BCUT2D eigenvalue weighted by molar-refractivity contribution is 5.67. The Hall–Kier alpha value is -0.730. The van der Waals surface area contributed by atoms with Crippen LogP contribution in [-0.4, -0.2) is 18.7 Å². The van der Waals surface area contributed by atoms with Gasteiger partial charge in [0.25, 0.3) is 0 Å². The molecular weight excluding hydrogens is 166 g/mol. The first-order chi connectivity index (χ1) is 5.87. The van der Waals surface area contributed by atoms with Crippen LogP contribution in [0.15, 0.2) is 0 Å². The predicted octanol–water partition coefficient (Wildman–Crippen LogP) is 2.56. The number of nitrogens with one attached hydrogen (secondary N) is 1. The summed E-state index contributed by atoms with van der Waals surface area (Å²) < 4.78 is 5.06. The van der Waals surface area contributed by atoms with Crippen molar-refractivity contribution in [2.45, 2.75) is 47.1 Å². The summed E-state index contributed by atoms with van der Waals surface area (Å²) in [5.41, 5.74) is 0.0777. The van der Waals surface area contributed by atoms with E-state index in [2.05, 4.69) is 26.1 Å². The van der Waals surface area contributed by atoms with E-state index in [0.717, 1.165) is 6.42 Å². The van der Waals surface area contributed by atoms with Gasteiger partial charge < -0.3 is 10.1 Å². The molecule has 0 heterocycles. The SMILES string of the molecule is CCC(C)(C)COC(=O)NC(C)C. The first kappa shape index (κ1) is 12.3. The van der Waals surface area contributed by atoms with Gasteiger partial charge in [-0.1, -0.05) is 20.8 Å². The molecular formula is C10H21NO2. The van der Waals surface area contributed by atoms with Gasteiger partial charge in [0.15, 0.2) is 0 Å². The molecule has 1 amide bonds. The molecule has 0 aliphatic heterocycles. The van der Waals surface area contributed by atoms with Crippen molar-refractivity contribution in [3.63, 3.8) is 0 Å². The Morgan fingerprint density at radius 3 is 2.38 bits per heavy atom. The van der Waals surface area contributed by atoms with Gasteiger partial charge in [-0.05, 0) is 25.7 Å². The van der Waals surface area contributed by atoms with E-state index < -0.39 is 0 Å². The molecule has 0 aromatic carbocycles. The van der Waals surface area contributed by atoms with Crippen LogP contribution < -0.4 is 5.32 Å². The first-order valence-electron chi connectivity index (χ1n) is 4.80. The Morgan fingerprint density at radius 2 is 2.00 bits per heavy atom. The number of alkyl carbamates (subject to hydrolysis) is 1. The van der Waals surface area contributed by atoms with Crippen LogP contribution in [0.2, 0.25) is 0 Å². The van der Waals surface area contributed by atoms with Crippen molar-refractivity contribution in [2.24, 2.45) is 5.41 Å². The molecule has 0 aliphatic carbocycles. The molecule has 3 nitrogen and oxygen atoms in total. The number of carbonyl (C=O) groups excluding carboxylic acids is 1. The molecule has 0 aliphatic rings. The lowest BCUT2D eigenvalue weighted by Crippen LogP contribution is -2.33. The van der Waals surface area contributed by atoms with Crippen molar-refractivity contribution in [3.8, 4) is 0 Å². The molecule has 1 N–H and O–H groups in total. The Labute approximate surface area is 80.8 Å². The highest BCUT2D eigenvalue weighted by Gasteiger charge is 2.17. The lowest BCUT2D eigenvalue weighted by Gasteiger charge is -2.22. The van der Waals surface area contributed by atoms with Crippen LogP contribution in [0.25, 0.3) is 0 Å². The Morgan fingerprint density at radius 1 is 1.46 bits per heavy atom. The van der Waals surface area contributed by atoms with Crippen LogP contribution in [0.5, 0.6) is 0 Å². The zero-order valence-electron chi connectivity index (χ0n) is 9.31.